The summed E-state index contributed by atoms with van der Waals surface area (Å²) in [6.07, 6.45) is -6.83. The summed E-state index contributed by atoms with van der Waals surface area (Å²) in [5.74, 6) is -1.07. The van der Waals surface area contributed by atoms with E-state index < -0.39 is 35.0 Å². The molecule has 2 amide bonds. The zero-order chi connectivity index (χ0) is 26.1. The number of amides is 2. The predicted molar refractivity (Wildman–Crippen MR) is 119 cm³/mol. The lowest BCUT2D eigenvalue weighted by molar-refractivity contribution is -0.143. The minimum atomic E-state index is -5.07. The molecule has 4 rings (SSSR count). The quantitative estimate of drug-likeness (QED) is 0.557. The monoisotopic (exact) mass is 515 g/mol. The van der Waals surface area contributed by atoms with Crippen molar-refractivity contribution in [2.24, 2.45) is 0 Å². The number of nitrogens with zero attached hydrogens (tertiary/aromatic N) is 2. The van der Waals surface area contributed by atoms with Crippen LogP contribution in [0.25, 0.3) is 0 Å². The van der Waals surface area contributed by atoms with E-state index in [1.54, 1.807) is 0 Å². The molecule has 2 aliphatic heterocycles. The van der Waals surface area contributed by atoms with E-state index in [0.717, 1.165) is 32.4 Å². The van der Waals surface area contributed by atoms with E-state index in [9.17, 15) is 35.9 Å². The highest BCUT2D eigenvalue weighted by Gasteiger charge is 2.37. The van der Waals surface area contributed by atoms with Gasteiger partial charge in [-0.2, -0.15) is 26.3 Å². The number of benzene rings is 2. The second-order valence-electron chi connectivity index (χ2n) is 8.67. The number of alkyl halides is 6. The molecule has 1 N–H and O–H groups in total. The number of fused-ring (bicyclic) bond motifs is 1. The molecule has 0 spiro atoms. The lowest BCUT2D eigenvalue weighted by Gasteiger charge is -2.33. The minimum absolute atomic E-state index is 0.0428. The van der Waals surface area contributed by atoms with Gasteiger partial charge in [0.2, 0.25) is 0 Å². The van der Waals surface area contributed by atoms with Crippen LogP contribution in [0.3, 0.4) is 0 Å². The van der Waals surface area contributed by atoms with E-state index in [1.807, 2.05) is 0 Å². The molecular weight excluding hydrogens is 492 g/mol. The minimum Gasteiger partial charge on any atom is -0.482 e. The number of carbonyl (C=O) groups is 2. The first-order valence-corrected chi connectivity index (χ1v) is 11.3. The molecular formula is C24H23F6N3O3. The van der Waals surface area contributed by atoms with Crippen molar-refractivity contribution in [3.05, 3.63) is 53.1 Å². The van der Waals surface area contributed by atoms with Crippen LogP contribution in [-0.4, -0.2) is 49.5 Å². The van der Waals surface area contributed by atoms with Gasteiger partial charge in [0.15, 0.2) is 6.61 Å². The molecule has 194 valence electrons. The van der Waals surface area contributed by atoms with Crippen LogP contribution < -0.4 is 15.0 Å². The number of anilines is 2. The zero-order valence-electron chi connectivity index (χ0n) is 19.0. The Morgan fingerprint density at radius 2 is 1.53 bits per heavy atom. The number of hydrogen-bond acceptors (Lipinski definition) is 4. The topological polar surface area (TPSA) is 61.9 Å². The summed E-state index contributed by atoms with van der Waals surface area (Å²) in [4.78, 5) is 28.9. The second kappa shape index (κ2) is 10.00. The fourth-order valence-corrected chi connectivity index (χ4v) is 4.24. The first-order chi connectivity index (χ1) is 16.9. The van der Waals surface area contributed by atoms with E-state index in [0.29, 0.717) is 36.7 Å². The molecule has 2 aromatic carbocycles. The number of hydrogen-bond donors (Lipinski definition) is 1. The highest BCUT2D eigenvalue weighted by Crippen LogP contribution is 2.37. The maximum atomic E-state index is 13.1. The molecule has 2 heterocycles. The highest BCUT2D eigenvalue weighted by molar-refractivity contribution is 6.05. The molecule has 1 saturated heterocycles. The number of carbonyl (C=O) groups excluding carboxylic acids is 2. The van der Waals surface area contributed by atoms with Crippen molar-refractivity contribution in [2.45, 2.75) is 31.6 Å². The average molecular weight is 515 g/mol. The van der Waals surface area contributed by atoms with Gasteiger partial charge in [0.05, 0.1) is 16.8 Å². The molecule has 0 saturated carbocycles. The fourth-order valence-electron chi connectivity index (χ4n) is 4.24. The van der Waals surface area contributed by atoms with Gasteiger partial charge in [-0.1, -0.05) is 6.42 Å². The summed E-state index contributed by atoms with van der Waals surface area (Å²) in [5.41, 5.74) is -3.53. The predicted octanol–water partition coefficient (Wildman–Crippen LogP) is 5.19. The Kier molecular flexibility index (Phi) is 7.17. The normalized spacial score (nSPS) is 16.9. The Balaban J connectivity index is 1.56. The third kappa shape index (κ3) is 5.92. The summed E-state index contributed by atoms with van der Waals surface area (Å²) < 4.78 is 84.3. The number of rotatable bonds is 5. The number of nitrogens with one attached hydrogen (secondary N) is 1. The van der Waals surface area contributed by atoms with Crippen LogP contribution in [0, 0.1) is 0 Å². The van der Waals surface area contributed by atoms with Crippen LogP contribution in [0.4, 0.5) is 37.7 Å². The molecule has 2 aromatic rings. The van der Waals surface area contributed by atoms with Crippen molar-refractivity contribution in [3.8, 4) is 5.75 Å². The van der Waals surface area contributed by atoms with Crippen LogP contribution >= 0.6 is 0 Å². The van der Waals surface area contributed by atoms with Gasteiger partial charge in [-0.15, -0.1) is 0 Å². The van der Waals surface area contributed by atoms with Crippen molar-refractivity contribution in [2.75, 3.05) is 43.0 Å². The Morgan fingerprint density at radius 3 is 2.14 bits per heavy atom. The van der Waals surface area contributed by atoms with Gasteiger partial charge in [0.1, 0.15) is 5.75 Å². The fraction of sp³-hybridized carbons (Fsp3) is 0.417. The van der Waals surface area contributed by atoms with E-state index in [1.165, 1.54) is 23.1 Å². The van der Waals surface area contributed by atoms with Crippen molar-refractivity contribution in [1.82, 2.24) is 4.90 Å². The first kappa shape index (κ1) is 25.8. The van der Waals surface area contributed by atoms with Crippen molar-refractivity contribution in [1.29, 1.82) is 0 Å². The lowest BCUT2D eigenvalue weighted by atomic mass is 10.0. The summed E-state index contributed by atoms with van der Waals surface area (Å²) >= 11 is 0. The molecule has 1 fully saturated rings. The van der Waals surface area contributed by atoms with E-state index in [-0.39, 0.29) is 24.3 Å². The van der Waals surface area contributed by atoms with Crippen LogP contribution in [0.15, 0.2) is 36.4 Å². The standard InChI is InChI=1S/C24H23F6N3O3/c25-23(26,27)16-10-15(11-17(12-16)24(28,29)30)22(35)31-18-4-5-20-19(13-18)33(21(34)14-36-20)9-8-32-6-2-1-3-7-32/h4-5,10-13H,1-3,6-9,14H2,(H,31,35). The molecule has 0 atom stereocenters. The van der Waals surface area contributed by atoms with Crippen LogP contribution in [0.5, 0.6) is 5.75 Å². The van der Waals surface area contributed by atoms with E-state index in [2.05, 4.69) is 10.2 Å². The van der Waals surface area contributed by atoms with Gasteiger partial charge in [-0.25, -0.2) is 0 Å². The van der Waals surface area contributed by atoms with Crippen molar-refractivity contribution in [3.63, 3.8) is 0 Å². The van der Waals surface area contributed by atoms with Crippen molar-refractivity contribution < 1.29 is 40.7 Å². The third-order valence-electron chi connectivity index (χ3n) is 6.10. The average Bonchev–Trinajstić information content (AvgIpc) is 2.82. The van der Waals surface area contributed by atoms with Gasteiger partial charge >= 0.3 is 12.4 Å². The second-order valence-corrected chi connectivity index (χ2v) is 8.67. The summed E-state index contributed by atoms with van der Waals surface area (Å²) in [6.45, 7) is 2.70. The van der Waals surface area contributed by atoms with Crippen molar-refractivity contribution >= 4 is 23.2 Å². The molecule has 0 radical (unpaired) electrons. The van der Waals surface area contributed by atoms with Crippen LogP contribution in [0.1, 0.15) is 40.7 Å². The summed E-state index contributed by atoms with van der Waals surface area (Å²) in [7, 11) is 0. The number of likely N-dealkylation sites (tertiary alicyclic amines) is 1. The first-order valence-electron chi connectivity index (χ1n) is 11.3. The Hall–Kier alpha value is -3.28. The van der Waals surface area contributed by atoms with Gasteiger partial charge in [0, 0.05) is 24.3 Å². The summed E-state index contributed by atoms with van der Waals surface area (Å²) in [6, 6.07) is 4.98. The Bertz CT molecular complexity index is 1110. The smallest absolute Gasteiger partial charge is 0.416 e. The molecule has 2 aliphatic rings. The maximum Gasteiger partial charge on any atom is 0.416 e. The zero-order valence-corrected chi connectivity index (χ0v) is 19.0. The molecule has 0 unspecified atom stereocenters. The third-order valence-corrected chi connectivity index (χ3v) is 6.10. The van der Waals surface area contributed by atoms with E-state index >= 15 is 0 Å². The molecule has 0 bridgehead atoms. The summed E-state index contributed by atoms with van der Waals surface area (Å²) in [5, 5.41) is 2.33. The van der Waals surface area contributed by atoms with Gasteiger partial charge < -0.3 is 19.9 Å². The van der Waals surface area contributed by atoms with Crippen LogP contribution in [-0.2, 0) is 17.1 Å². The van der Waals surface area contributed by atoms with Crippen LogP contribution in [0.2, 0.25) is 0 Å². The van der Waals surface area contributed by atoms with Gasteiger partial charge in [-0.05, 0) is 62.3 Å². The lowest BCUT2D eigenvalue weighted by Crippen LogP contribution is -2.44. The van der Waals surface area contributed by atoms with E-state index in [4.69, 9.17) is 4.74 Å². The highest BCUT2D eigenvalue weighted by atomic mass is 19.4. The Morgan fingerprint density at radius 1 is 0.889 bits per heavy atom. The molecule has 0 aliphatic carbocycles. The molecule has 36 heavy (non-hydrogen) atoms. The largest absolute Gasteiger partial charge is 0.482 e. The number of halogens is 6. The molecule has 0 aromatic heterocycles. The molecule has 6 nitrogen and oxygen atoms in total. The Labute approximate surface area is 202 Å². The number of ether oxygens (including phenoxy) is 1. The van der Waals surface area contributed by atoms with Gasteiger partial charge in [-0.3, -0.25) is 9.59 Å². The number of piperidine rings is 1. The van der Waals surface area contributed by atoms with Gasteiger partial charge in [0.25, 0.3) is 11.8 Å². The SMILES string of the molecule is O=C(Nc1ccc2c(c1)N(CCN1CCCCC1)C(=O)CO2)c1cc(C(F)(F)F)cc(C(F)(F)F)c1. The maximum absolute atomic E-state index is 13.1. The molecule has 12 heteroatoms.